The van der Waals surface area contributed by atoms with Crippen LogP contribution in [0.2, 0.25) is 0 Å². The number of nitrogens with zero attached hydrogens (tertiary/aromatic N) is 4. The third-order valence-electron chi connectivity index (χ3n) is 1.92. The Morgan fingerprint density at radius 1 is 1.53 bits per heavy atom. The van der Waals surface area contributed by atoms with Crippen molar-refractivity contribution in [1.29, 1.82) is 0 Å². The normalized spacial score (nSPS) is 10.2. The number of aryl methyl sites for hydroxylation is 1. The van der Waals surface area contributed by atoms with E-state index in [0.29, 0.717) is 5.69 Å². The first-order valence-corrected chi connectivity index (χ1v) is 4.25. The molecule has 15 heavy (non-hydrogen) atoms. The minimum absolute atomic E-state index is 0.103. The summed E-state index contributed by atoms with van der Waals surface area (Å²) >= 11 is 0. The second-order valence-corrected chi connectivity index (χ2v) is 3.00. The second kappa shape index (κ2) is 3.49. The van der Waals surface area contributed by atoms with Crippen LogP contribution < -0.4 is 0 Å². The molecular formula is C9H8N4O2. The van der Waals surface area contributed by atoms with E-state index in [1.54, 1.807) is 19.2 Å². The number of pyridine rings is 1. The van der Waals surface area contributed by atoms with Crippen LogP contribution in [0.3, 0.4) is 0 Å². The van der Waals surface area contributed by atoms with E-state index in [0.717, 1.165) is 5.69 Å². The number of hydrogen-bond donors (Lipinski definition) is 1. The molecule has 2 rings (SSSR count). The predicted octanol–water partition coefficient (Wildman–Crippen LogP) is 0.669. The Balaban J connectivity index is 2.63. The van der Waals surface area contributed by atoms with Gasteiger partial charge in [0, 0.05) is 11.9 Å². The largest absolute Gasteiger partial charge is 0.478 e. The zero-order valence-corrected chi connectivity index (χ0v) is 7.95. The van der Waals surface area contributed by atoms with Gasteiger partial charge in [0.15, 0.2) is 0 Å². The molecule has 0 spiro atoms. The summed E-state index contributed by atoms with van der Waals surface area (Å²) < 4.78 is 1.40. The van der Waals surface area contributed by atoms with Crippen LogP contribution >= 0.6 is 0 Å². The second-order valence-electron chi connectivity index (χ2n) is 3.00. The van der Waals surface area contributed by atoms with Crippen LogP contribution in [-0.2, 0) is 0 Å². The van der Waals surface area contributed by atoms with Gasteiger partial charge in [0.2, 0.25) is 0 Å². The molecule has 76 valence electrons. The van der Waals surface area contributed by atoms with Crippen LogP contribution in [0.15, 0.2) is 24.7 Å². The van der Waals surface area contributed by atoms with Crippen molar-refractivity contribution < 1.29 is 9.90 Å². The molecule has 0 aliphatic rings. The predicted molar refractivity (Wildman–Crippen MR) is 50.9 cm³/mol. The van der Waals surface area contributed by atoms with Gasteiger partial charge < -0.3 is 5.11 Å². The minimum Gasteiger partial charge on any atom is -0.478 e. The molecule has 0 fully saturated rings. The van der Waals surface area contributed by atoms with E-state index in [1.165, 1.54) is 17.1 Å². The minimum atomic E-state index is -1.03. The van der Waals surface area contributed by atoms with Crippen LogP contribution in [0, 0.1) is 6.92 Å². The average Bonchev–Trinajstić information content (AvgIpc) is 2.69. The highest BCUT2D eigenvalue weighted by molar-refractivity contribution is 5.91. The summed E-state index contributed by atoms with van der Waals surface area (Å²) in [6.45, 7) is 1.78. The van der Waals surface area contributed by atoms with Crippen molar-refractivity contribution in [3.05, 3.63) is 35.9 Å². The smallest absolute Gasteiger partial charge is 0.339 e. The number of carboxylic acids is 1. The summed E-state index contributed by atoms with van der Waals surface area (Å²) in [6.07, 6.45) is 4.39. The lowest BCUT2D eigenvalue weighted by Gasteiger charge is -2.05. The van der Waals surface area contributed by atoms with Crippen LogP contribution in [0.4, 0.5) is 0 Å². The van der Waals surface area contributed by atoms with Crippen molar-refractivity contribution >= 4 is 5.97 Å². The van der Waals surface area contributed by atoms with Crippen molar-refractivity contribution in [1.82, 2.24) is 20.0 Å². The van der Waals surface area contributed by atoms with Crippen LogP contribution in [0.5, 0.6) is 0 Å². The maximum Gasteiger partial charge on any atom is 0.339 e. The number of carboxylic acid groups (broad SMARTS) is 1. The average molecular weight is 204 g/mol. The van der Waals surface area contributed by atoms with Crippen LogP contribution in [0.1, 0.15) is 16.1 Å². The van der Waals surface area contributed by atoms with Crippen molar-refractivity contribution in [2.75, 3.05) is 0 Å². The van der Waals surface area contributed by atoms with Gasteiger partial charge in [0.05, 0.1) is 18.1 Å². The fraction of sp³-hybridized carbons (Fsp3) is 0.111. The molecule has 1 N–H and O–H groups in total. The van der Waals surface area contributed by atoms with E-state index in [4.69, 9.17) is 5.11 Å². The fourth-order valence-electron chi connectivity index (χ4n) is 1.24. The molecule has 2 aromatic rings. The van der Waals surface area contributed by atoms with Gasteiger partial charge in [-0.25, -0.2) is 9.48 Å². The molecule has 2 heterocycles. The summed E-state index contributed by atoms with van der Waals surface area (Å²) in [5, 5.41) is 16.3. The molecule has 0 saturated carbocycles. The summed E-state index contributed by atoms with van der Waals surface area (Å²) in [6, 6.07) is 1.65. The number of carbonyl (C=O) groups is 1. The molecule has 0 atom stereocenters. The molecule has 0 bridgehead atoms. The Bertz CT molecular complexity index is 493. The number of hydrogen-bond acceptors (Lipinski definition) is 4. The van der Waals surface area contributed by atoms with Crippen LogP contribution in [0.25, 0.3) is 5.69 Å². The summed E-state index contributed by atoms with van der Waals surface area (Å²) in [7, 11) is 0. The van der Waals surface area contributed by atoms with E-state index in [9.17, 15) is 4.79 Å². The third-order valence-corrected chi connectivity index (χ3v) is 1.92. The lowest BCUT2D eigenvalue weighted by atomic mass is 10.2. The molecular weight excluding hydrogens is 196 g/mol. The monoisotopic (exact) mass is 204 g/mol. The van der Waals surface area contributed by atoms with E-state index in [-0.39, 0.29) is 5.56 Å². The number of aromatic nitrogens is 4. The SMILES string of the molecule is Cc1cc(-n2ccnn2)c(C(=O)O)cn1. The Labute approximate surface area is 85.2 Å². The zero-order valence-electron chi connectivity index (χ0n) is 7.95. The molecule has 0 saturated heterocycles. The highest BCUT2D eigenvalue weighted by Crippen LogP contribution is 2.13. The summed E-state index contributed by atoms with van der Waals surface area (Å²) in [5.41, 5.74) is 1.30. The van der Waals surface area contributed by atoms with E-state index < -0.39 is 5.97 Å². The van der Waals surface area contributed by atoms with Crippen LogP contribution in [-0.4, -0.2) is 31.1 Å². The molecule has 0 unspecified atom stereocenters. The van der Waals surface area contributed by atoms with Gasteiger partial charge in [0.1, 0.15) is 5.56 Å². The van der Waals surface area contributed by atoms with E-state index in [2.05, 4.69) is 15.3 Å². The Morgan fingerprint density at radius 3 is 2.93 bits per heavy atom. The molecule has 6 heteroatoms. The lowest BCUT2D eigenvalue weighted by Crippen LogP contribution is -2.07. The van der Waals surface area contributed by atoms with Gasteiger partial charge in [-0.15, -0.1) is 5.10 Å². The number of aromatic carboxylic acids is 1. The topological polar surface area (TPSA) is 80.9 Å². The quantitative estimate of drug-likeness (QED) is 0.777. The summed E-state index contributed by atoms with van der Waals surface area (Å²) in [5.74, 6) is -1.03. The molecule has 0 radical (unpaired) electrons. The van der Waals surface area contributed by atoms with Gasteiger partial charge in [0.25, 0.3) is 0 Å². The Hall–Kier alpha value is -2.24. The van der Waals surface area contributed by atoms with E-state index in [1.807, 2.05) is 0 Å². The molecule has 6 nitrogen and oxygen atoms in total. The van der Waals surface area contributed by atoms with Crippen molar-refractivity contribution in [3.8, 4) is 5.69 Å². The number of rotatable bonds is 2. The molecule has 0 aromatic carbocycles. The lowest BCUT2D eigenvalue weighted by molar-refractivity contribution is 0.0696. The maximum atomic E-state index is 10.9. The van der Waals surface area contributed by atoms with E-state index >= 15 is 0 Å². The van der Waals surface area contributed by atoms with Gasteiger partial charge >= 0.3 is 5.97 Å². The maximum absolute atomic E-state index is 10.9. The zero-order chi connectivity index (χ0) is 10.8. The molecule has 0 amide bonds. The van der Waals surface area contributed by atoms with Crippen molar-refractivity contribution in [2.24, 2.45) is 0 Å². The van der Waals surface area contributed by atoms with Gasteiger partial charge in [-0.05, 0) is 13.0 Å². The van der Waals surface area contributed by atoms with Gasteiger partial charge in [-0.3, -0.25) is 4.98 Å². The molecule has 2 aromatic heterocycles. The van der Waals surface area contributed by atoms with Gasteiger partial charge in [-0.1, -0.05) is 5.21 Å². The first kappa shape index (κ1) is 9.32. The first-order chi connectivity index (χ1) is 7.18. The standard InChI is InChI=1S/C9H8N4O2/c1-6-4-8(13-3-2-11-12-13)7(5-10-6)9(14)15/h2-5H,1H3,(H,14,15). The Kier molecular flexibility index (Phi) is 2.17. The first-order valence-electron chi connectivity index (χ1n) is 4.25. The van der Waals surface area contributed by atoms with Gasteiger partial charge in [-0.2, -0.15) is 0 Å². The highest BCUT2D eigenvalue weighted by Gasteiger charge is 2.12. The Morgan fingerprint density at radius 2 is 2.33 bits per heavy atom. The molecule has 0 aliphatic carbocycles. The molecule has 0 aliphatic heterocycles. The third kappa shape index (κ3) is 1.69. The summed E-state index contributed by atoms with van der Waals surface area (Å²) in [4.78, 5) is 14.9. The van der Waals surface area contributed by atoms with Crippen molar-refractivity contribution in [2.45, 2.75) is 6.92 Å². The van der Waals surface area contributed by atoms with Crippen molar-refractivity contribution in [3.63, 3.8) is 0 Å². The highest BCUT2D eigenvalue weighted by atomic mass is 16.4. The fourth-order valence-corrected chi connectivity index (χ4v) is 1.24.